The lowest BCUT2D eigenvalue weighted by Crippen LogP contribution is -2.37. The Bertz CT molecular complexity index is 766. The first kappa shape index (κ1) is 47.2. The Labute approximate surface area is 317 Å². The molecule has 0 saturated carbocycles. The largest absolute Gasteiger partial charge is 0.256 e. The van der Waals surface area contributed by atoms with Crippen molar-refractivity contribution in [3.63, 3.8) is 0 Å². The molecule has 0 saturated heterocycles. The van der Waals surface area contributed by atoms with Crippen LogP contribution >= 0.6 is 0 Å². The van der Waals surface area contributed by atoms with Crippen LogP contribution in [0.3, 0.4) is 0 Å². The van der Waals surface area contributed by atoms with Gasteiger partial charge in [-0.25, -0.2) is 9.13 Å². The van der Waals surface area contributed by atoms with E-state index in [1.54, 1.807) is 5.82 Å². The summed E-state index contributed by atoms with van der Waals surface area (Å²) >= 11 is 0. The molecule has 0 spiro atoms. The van der Waals surface area contributed by atoms with Crippen LogP contribution < -0.4 is 4.57 Å². The van der Waals surface area contributed by atoms with Gasteiger partial charge in [0, 0.05) is 6.42 Å². The third-order valence-electron chi connectivity index (χ3n) is 11.6. The molecule has 0 atom stereocenters. The fourth-order valence-electron chi connectivity index (χ4n) is 8.09. The minimum absolute atomic E-state index is 1.23. The number of aryl methyl sites for hydroxylation is 2. The highest BCUT2D eigenvalue weighted by Gasteiger charge is 2.16. The maximum absolute atomic E-state index is 2.65. The highest BCUT2D eigenvalue weighted by molar-refractivity contribution is 4.84. The van der Waals surface area contributed by atoms with Gasteiger partial charge in [0.05, 0.1) is 13.1 Å². The highest BCUT2D eigenvalue weighted by Crippen LogP contribution is 2.17. The quantitative estimate of drug-likeness (QED) is 0.0474. The average molecular weight is 700 g/mol. The number of imidazole rings is 1. The molecule has 0 bridgehead atoms. The second-order valence-electron chi connectivity index (χ2n) is 16.6. The lowest BCUT2D eigenvalue weighted by Gasteiger charge is -2.07. The van der Waals surface area contributed by atoms with Crippen molar-refractivity contribution in [1.29, 1.82) is 0 Å². The summed E-state index contributed by atoms with van der Waals surface area (Å²) in [6.45, 7) is 9.41. The summed E-state index contributed by atoms with van der Waals surface area (Å²) in [5, 5.41) is 0. The summed E-state index contributed by atoms with van der Waals surface area (Å²) < 4.78 is 5.30. The normalized spacial score (nSPS) is 11.7. The van der Waals surface area contributed by atoms with Crippen molar-refractivity contribution < 1.29 is 4.57 Å². The number of hydrogen-bond donors (Lipinski definition) is 0. The summed E-state index contributed by atoms with van der Waals surface area (Å²) in [7, 11) is 0. The molecule has 296 valence electrons. The number of rotatable bonds is 42. The SMILES string of the molecule is CCCCCCCCCCCCCCCCCn1cc[n+](CCCCCCCCCCCC)c1CCCCCCCCCCCCCCCC. The van der Waals surface area contributed by atoms with Gasteiger partial charge in [-0.3, -0.25) is 0 Å². The van der Waals surface area contributed by atoms with Gasteiger partial charge in [-0.2, -0.15) is 0 Å². The van der Waals surface area contributed by atoms with Crippen LogP contribution in [-0.4, -0.2) is 4.57 Å². The van der Waals surface area contributed by atoms with Gasteiger partial charge in [0.25, 0.3) is 5.82 Å². The van der Waals surface area contributed by atoms with Gasteiger partial charge in [0.1, 0.15) is 12.4 Å². The van der Waals surface area contributed by atoms with Gasteiger partial charge in [0.15, 0.2) is 0 Å². The lowest BCUT2D eigenvalue weighted by molar-refractivity contribution is -0.704. The van der Waals surface area contributed by atoms with Crippen LogP contribution in [0.15, 0.2) is 12.4 Å². The zero-order valence-corrected chi connectivity index (χ0v) is 35.2. The lowest BCUT2D eigenvalue weighted by atomic mass is 10.0. The van der Waals surface area contributed by atoms with Gasteiger partial charge in [-0.05, 0) is 32.1 Å². The van der Waals surface area contributed by atoms with E-state index >= 15 is 0 Å². The Morgan fingerprint density at radius 1 is 0.340 bits per heavy atom. The van der Waals surface area contributed by atoms with Crippen molar-refractivity contribution >= 4 is 0 Å². The van der Waals surface area contributed by atoms with Crippen LogP contribution in [0.25, 0.3) is 0 Å². The van der Waals surface area contributed by atoms with Crippen molar-refractivity contribution in [2.24, 2.45) is 0 Å². The maximum atomic E-state index is 2.65. The highest BCUT2D eigenvalue weighted by atomic mass is 15.1. The molecular formula is C48H95N2+. The summed E-state index contributed by atoms with van der Waals surface area (Å²) in [5.74, 6) is 1.63. The Kier molecular flexibility index (Phi) is 37.2. The Hall–Kier alpha value is -0.790. The molecular weight excluding hydrogens is 605 g/mol. The molecule has 0 unspecified atom stereocenters. The monoisotopic (exact) mass is 700 g/mol. The minimum Gasteiger partial charge on any atom is -0.234 e. The minimum atomic E-state index is 1.23. The average Bonchev–Trinajstić information content (AvgIpc) is 3.51. The van der Waals surface area contributed by atoms with E-state index in [0.717, 1.165) is 0 Å². The predicted molar refractivity (Wildman–Crippen MR) is 225 cm³/mol. The maximum Gasteiger partial charge on any atom is 0.256 e. The van der Waals surface area contributed by atoms with Crippen LogP contribution in [-0.2, 0) is 19.5 Å². The molecule has 0 aliphatic heterocycles. The number of aromatic nitrogens is 2. The van der Waals surface area contributed by atoms with Crippen molar-refractivity contribution in [2.45, 2.75) is 291 Å². The second-order valence-corrected chi connectivity index (χ2v) is 16.6. The van der Waals surface area contributed by atoms with Crippen molar-refractivity contribution in [3.05, 3.63) is 18.2 Å². The van der Waals surface area contributed by atoms with Crippen LogP contribution in [0, 0.1) is 0 Å². The van der Waals surface area contributed by atoms with E-state index in [0.29, 0.717) is 0 Å². The summed E-state index contributed by atoms with van der Waals surface area (Å²) in [6.07, 6.45) is 62.3. The molecule has 0 N–H and O–H groups in total. The fourth-order valence-corrected chi connectivity index (χ4v) is 8.09. The van der Waals surface area contributed by atoms with Gasteiger partial charge in [-0.1, -0.05) is 239 Å². The molecule has 0 amide bonds. The Morgan fingerprint density at radius 3 is 0.960 bits per heavy atom. The van der Waals surface area contributed by atoms with Gasteiger partial charge < -0.3 is 0 Å². The van der Waals surface area contributed by atoms with Gasteiger partial charge >= 0.3 is 0 Å². The fraction of sp³-hybridized carbons (Fsp3) is 0.938. The van der Waals surface area contributed by atoms with Gasteiger partial charge in [-0.15, -0.1) is 0 Å². The van der Waals surface area contributed by atoms with E-state index in [1.165, 1.54) is 270 Å². The molecule has 2 nitrogen and oxygen atoms in total. The number of hydrogen-bond acceptors (Lipinski definition) is 0. The summed E-state index contributed by atoms with van der Waals surface area (Å²) in [4.78, 5) is 0. The van der Waals surface area contributed by atoms with E-state index in [4.69, 9.17) is 0 Å². The Balaban J connectivity index is 2.25. The van der Waals surface area contributed by atoms with Crippen LogP contribution in [0.2, 0.25) is 0 Å². The third-order valence-corrected chi connectivity index (χ3v) is 11.6. The van der Waals surface area contributed by atoms with Crippen LogP contribution in [0.4, 0.5) is 0 Å². The predicted octanol–water partition coefficient (Wildman–Crippen LogP) is 16.6. The van der Waals surface area contributed by atoms with E-state index in [2.05, 4.69) is 42.3 Å². The summed E-state index contributed by atoms with van der Waals surface area (Å²) in [5.41, 5.74) is 0. The molecule has 0 aliphatic carbocycles. The molecule has 0 aromatic carbocycles. The topological polar surface area (TPSA) is 8.81 Å². The zero-order valence-electron chi connectivity index (χ0n) is 35.2. The first-order chi connectivity index (χ1) is 24.8. The van der Waals surface area contributed by atoms with Gasteiger partial charge in [0.2, 0.25) is 0 Å². The van der Waals surface area contributed by atoms with E-state index in [-0.39, 0.29) is 0 Å². The van der Waals surface area contributed by atoms with Crippen LogP contribution in [0.1, 0.15) is 277 Å². The molecule has 1 heterocycles. The smallest absolute Gasteiger partial charge is 0.234 e. The first-order valence-corrected chi connectivity index (χ1v) is 23.9. The first-order valence-electron chi connectivity index (χ1n) is 23.9. The summed E-state index contributed by atoms with van der Waals surface area (Å²) in [6, 6.07) is 0. The van der Waals surface area contributed by atoms with Crippen LogP contribution in [0.5, 0.6) is 0 Å². The zero-order chi connectivity index (χ0) is 35.8. The van der Waals surface area contributed by atoms with E-state index < -0.39 is 0 Å². The van der Waals surface area contributed by atoms with Crippen molar-refractivity contribution in [3.8, 4) is 0 Å². The molecule has 0 aliphatic rings. The van der Waals surface area contributed by atoms with Crippen molar-refractivity contribution in [2.75, 3.05) is 0 Å². The molecule has 1 aromatic rings. The standard InChI is InChI=1S/C48H95N2/c1-4-7-10-13-16-19-22-24-26-28-30-33-36-39-42-45-50-47-46-49(44-41-38-35-32-21-18-15-12-9-6-3)48(50)43-40-37-34-31-29-27-25-23-20-17-14-11-8-5-2/h46-47H,4-45H2,1-3H3/q+1. The molecule has 0 radical (unpaired) electrons. The van der Waals surface area contributed by atoms with E-state index in [1.807, 2.05) is 0 Å². The molecule has 0 fully saturated rings. The Morgan fingerprint density at radius 2 is 0.620 bits per heavy atom. The second kappa shape index (κ2) is 39.4. The number of nitrogens with zero attached hydrogens (tertiary/aromatic N) is 2. The third kappa shape index (κ3) is 30.8. The van der Waals surface area contributed by atoms with E-state index in [9.17, 15) is 0 Å². The number of unbranched alkanes of at least 4 members (excludes halogenated alkanes) is 36. The van der Waals surface area contributed by atoms with Crippen molar-refractivity contribution in [1.82, 2.24) is 4.57 Å². The molecule has 1 aromatic heterocycles. The molecule has 2 heteroatoms. The molecule has 1 rings (SSSR count). The molecule has 50 heavy (non-hydrogen) atoms.